The molecule has 0 aliphatic heterocycles. The second-order valence-electron chi connectivity index (χ2n) is 3.44. The molecule has 0 heterocycles. The molecular formula is C10H12FNO2. The van der Waals surface area contributed by atoms with Crippen LogP contribution in [0.3, 0.4) is 0 Å². The molecule has 0 spiro atoms. The smallest absolute Gasteiger partial charge is 0.328 e. The van der Waals surface area contributed by atoms with E-state index in [0.717, 1.165) is 0 Å². The molecule has 76 valence electrons. The lowest BCUT2D eigenvalue weighted by Gasteiger charge is -2.22. The number of benzene rings is 1. The Morgan fingerprint density at radius 2 is 2.14 bits per heavy atom. The molecule has 0 amide bonds. The van der Waals surface area contributed by atoms with Gasteiger partial charge in [-0.3, -0.25) is 0 Å². The zero-order chi connectivity index (χ0) is 10.9. The molecule has 0 unspecified atom stereocenters. The molecule has 0 bridgehead atoms. The second-order valence-corrected chi connectivity index (χ2v) is 3.44. The fourth-order valence-corrected chi connectivity index (χ4v) is 1.40. The lowest BCUT2D eigenvalue weighted by molar-refractivity contribution is -0.143. The van der Waals surface area contributed by atoms with E-state index in [9.17, 15) is 9.18 Å². The van der Waals surface area contributed by atoms with Crippen LogP contribution in [0.5, 0.6) is 0 Å². The van der Waals surface area contributed by atoms with Crippen molar-refractivity contribution < 1.29 is 14.3 Å². The van der Waals surface area contributed by atoms with Gasteiger partial charge in [-0.05, 0) is 25.5 Å². The van der Waals surface area contributed by atoms with Gasteiger partial charge in [-0.1, -0.05) is 12.1 Å². The van der Waals surface area contributed by atoms with Crippen LogP contribution in [0.15, 0.2) is 18.2 Å². The Hall–Kier alpha value is -1.42. The largest absolute Gasteiger partial charge is 0.480 e. The molecule has 0 aliphatic carbocycles. The van der Waals surface area contributed by atoms with Gasteiger partial charge in [0.15, 0.2) is 0 Å². The molecule has 0 saturated heterocycles. The topological polar surface area (TPSA) is 63.3 Å². The summed E-state index contributed by atoms with van der Waals surface area (Å²) in [6.07, 6.45) is 0. The number of nitrogens with two attached hydrogens (primary N) is 1. The van der Waals surface area contributed by atoms with Crippen molar-refractivity contribution in [1.82, 2.24) is 0 Å². The molecule has 1 aromatic carbocycles. The van der Waals surface area contributed by atoms with Gasteiger partial charge < -0.3 is 10.8 Å². The molecule has 14 heavy (non-hydrogen) atoms. The Labute approximate surface area is 81.4 Å². The van der Waals surface area contributed by atoms with Crippen LogP contribution in [0.1, 0.15) is 18.1 Å². The van der Waals surface area contributed by atoms with E-state index >= 15 is 0 Å². The standard InChI is InChI=1S/C10H12FNO2/c1-6-4-3-5-7(11)8(6)10(2,12)9(13)14/h3-5H,12H2,1-2H3,(H,13,14)/t10-/m0/s1. The SMILES string of the molecule is Cc1cccc(F)c1[C@](C)(N)C(=O)O. The van der Waals surface area contributed by atoms with Crippen molar-refractivity contribution in [2.24, 2.45) is 5.73 Å². The van der Waals surface area contributed by atoms with Crippen LogP contribution < -0.4 is 5.73 Å². The summed E-state index contributed by atoms with van der Waals surface area (Å²) in [5.74, 6) is -1.83. The van der Waals surface area contributed by atoms with Crippen LogP contribution in [-0.4, -0.2) is 11.1 Å². The third-order valence-corrected chi connectivity index (χ3v) is 2.19. The number of hydrogen-bond donors (Lipinski definition) is 2. The molecule has 4 heteroatoms. The van der Waals surface area contributed by atoms with E-state index in [1.807, 2.05) is 0 Å². The maximum atomic E-state index is 13.4. The first-order valence-electron chi connectivity index (χ1n) is 4.15. The predicted molar refractivity (Wildman–Crippen MR) is 50.3 cm³/mol. The Morgan fingerprint density at radius 1 is 1.57 bits per heavy atom. The van der Waals surface area contributed by atoms with Crippen molar-refractivity contribution >= 4 is 5.97 Å². The van der Waals surface area contributed by atoms with Gasteiger partial charge in [0.05, 0.1) is 0 Å². The number of carbonyl (C=O) groups is 1. The second kappa shape index (κ2) is 3.38. The summed E-state index contributed by atoms with van der Waals surface area (Å²) in [5.41, 5.74) is 4.43. The first-order valence-corrected chi connectivity index (χ1v) is 4.15. The Bertz CT molecular complexity index is 354. The molecule has 1 rings (SSSR count). The van der Waals surface area contributed by atoms with E-state index < -0.39 is 17.3 Å². The van der Waals surface area contributed by atoms with E-state index in [1.54, 1.807) is 13.0 Å². The number of hydrogen-bond acceptors (Lipinski definition) is 2. The quantitative estimate of drug-likeness (QED) is 0.753. The highest BCUT2D eigenvalue weighted by Gasteiger charge is 2.34. The van der Waals surface area contributed by atoms with Crippen LogP contribution in [0.2, 0.25) is 0 Å². The average Bonchev–Trinajstić information content (AvgIpc) is 2.02. The van der Waals surface area contributed by atoms with Crippen LogP contribution in [0.4, 0.5) is 4.39 Å². The maximum absolute atomic E-state index is 13.4. The summed E-state index contributed by atoms with van der Waals surface area (Å²) in [6, 6.07) is 4.36. The third-order valence-electron chi connectivity index (χ3n) is 2.19. The molecule has 1 atom stereocenters. The number of carboxylic acids is 1. The van der Waals surface area contributed by atoms with Gasteiger partial charge in [0.1, 0.15) is 11.4 Å². The van der Waals surface area contributed by atoms with E-state index in [-0.39, 0.29) is 5.56 Å². The molecule has 3 nitrogen and oxygen atoms in total. The minimum absolute atomic E-state index is 0.0347. The summed E-state index contributed by atoms with van der Waals surface area (Å²) < 4.78 is 13.4. The number of aryl methyl sites for hydroxylation is 1. The van der Waals surface area contributed by atoms with Gasteiger partial charge in [0.2, 0.25) is 0 Å². The van der Waals surface area contributed by atoms with Gasteiger partial charge in [0.25, 0.3) is 0 Å². The number of aliphatic carboxylic acids is 1. The fraction of sp³-hybridized carbons (Fsp3) is 0.300. The Morgan fingerprint density at radius 3 is 2.57 bits per heavy atom. The lowest BCUT2D eigenvalue weighted by atomic mass is 9.89. The first-order chi connectivity index (χ1) is 6.37. The fourth-order valence-electron chi connectivity index (χ4n) is 1.40. The summed E-state index contributed by atoms with van der Waals surface area (Å²) >= 11 is 0. The first kappa shape index (κ1) is 10.7. The summed E-state index contributed by atoms with van der Waals surface area (Å²) in [6.45, 7) is 2.91. The van der Waals surface area contributed by atoms with Crippen LogP contribution in [0.25, 0.3) is 0 Å². The molecule has 0 saturated carbocycles. The summed E-state index contributed by atoms with van der Waals surface area (Å²) in [5, 5.41) is 8.85. The van der Waals surface area contributed by atoms with Crippen molar-refractivity contribution in [2.45, 2.75) is 19.4 Å². The minimum atomic E-state index is -1.69. The van der Waals surface area contributed by atoms with E-state index in [2.05, 4.69) is 0 Å². The van der Waals surface area contributed by atoms with Crippen molar-refractivity contribution in [3.8, 4) is 0 Å². The van der Waals surface area contributed by atoms with Crippen molar-refractivity contribution in [3.63, 3.8) is 0 Å². The average molecular weight is 197 g/mol. The number of carboxylic acid groups (broad SMARTS) is 1. The highest BCUT2D eigenvalue weighted by atomic mass is 19.1. The Kier molecular flexibility index (Phi) is 2.57. The highest BCUT2D eigenvalue weighted by Crippen LogP contribution is 2.24. The molecule has 1 aromatic rings. The third kappa shape index (κ3) is 1.61. The monoisotopic (exact) mass is 197 g/mol. The van der Waals surface area contributed by atoms with Gasteiger partial charge in [-0.2, -0.15) is 0 Å². The van der Waals surface area contributed by atoms with Gasteiger partial charge >= 0.3 is 5.97 Å². The normalized spacial score (nSPS) is 14.9. The summed E-state index contributed by atoms with van der Waals surface area (Å²) in [7, 11) is 0. The Balaban J connectivity index is 3.38. The lowest BCUT2D eigenvalue weighted by Crippen LogP contribution is -2.43. The van der Waals surface area contributed by atoms with E-state index in [0.29, 0.717) is 5.56 Å². The van der Waals surface area contributed by atoms with Crippen LogP contribution in [-0.2, 0) is 10.3 Å². The summed E-state index contributed by atoms with van der Waals surface area (Å²) in [4.78, 5) is 10.8. The predicted octanol–water partition coefficient (Wildman–Crippen LogP) is 1.39. The van der Waals surface area contributed by atoms with Gasteiger partial charge in [0, 0.05) is 5.56 Å². The molecular weight excluding hydrogens is 185 g/mol. The van der Waals surface area contributed by atoms with Gasteiger partial charge in [-0.15, -0.1) is 0 Å². The van der Waals surface area contributed by atoms with Gasteiger partial charge in [-0.25, -0.2) is 9.18 Å². The highest BCUT2D eigenvalue weighted by molar-refractivity contribution is 5.80. The minimum Gasteiger partial charge on any atom is -0.480 e. The molecule has 0 aromatic heterocycles. The maximum Gasteiger partial charge on any atom is 0.328 e. The number of halogens is 1. The number of rotatable bonds is 2. The molecule has 0 fully saturated rings. The van der Waals surface area contributed by atoms with Crippen molar-refractivity contribution in [2.75, 3.05) is 0 Å². The zero-order valence-electron chi connectivity index (χ0n) is 8.04. The van der Waals surface area contributed by atoms with Crippen LogP contribution >= 0.6 is 0 Å². The van der Waals surface area contributed by atoms with Crippen molar-refractivity contribution in [1.29, 1.82) is 0 Å². The zero-order valence-corrected chi connectivity index (χ0v) is 8.04. The molecule has 0 aliphatic rings. The van der Waals surface area contributed by atoms with Crippen LogP contribution in [0, 0.1) is 12.7 Å². The van der Waals surface area contributed by atoms with E-state index in [4.69, 9.17) is 10.8 Å². The molecule has 0 radical (unpaired) electrons. The molecule has 3 N–H and O–H groups in total. The van der Waals surface area contributed by atoms with Crippen molar-refractivity contribution in [3.05, 3.63) is 35.1 Å². The van der Waals surface area contributed by atoms with E-state index in [1.165, 1.54) is 19.1 Å².